The quantitative estimate of drug-likeness (QED) is 0.347. The van der Waals surface area contributed by atoms with Crippen LogP contribution in [0.3, 0.4) is 0 Å². The summed E-state index contributed by atoms with van der Waals surface area (Å²) < 4.78 is 10.5. The summed E-state index contributed by atoms with van der Waals surface area (Å²) in [5.74, 6) is 1.07. The topological polar surface area (TPSA) is 128 Å². The largest absolute Gasteiger partial charge is 0.483 e. The van der Waals surface area contributed by atoms with E-state index in [9.17, 15) is 9.59 Å². The maximum absolute atomic E-state index is 12.2. The van der Waals surface area contributed by atoms with Crippen molar-refractivity contribution in [2.75, 3.05) is 18.1 Å². The molecule has 0 aromatic heterocycles. The maximum atomic E-state index is 12.2. The first-order valence-electron chi connectivity index (χ1n) is 7.94. The number of ether oxygens (including phenoxy) is 2. The van der Waals surface area contributed by atoms with E-state index in [1.54, 1.807) is 53.3 Å². The van der Waals surface area contributed by atoms with Crippen LogP contribution in [0.25, 0.3) is 0 Å². The molecule has 148 valence electrons. The van der Waals surface area contributed by atoms with E-state index < -0.39 is 29.3 Å². The number of esters is 1. The lowest BCUT2D eigenvalue weighted by atomic mass is 10.1. The Bertz CT molecular complexity index is 404. The molecule has 0 saturated heterocycles. The van der Waals surface area contributed by atoms with E-state index >= 15 is 0 Å². The smallest absolute Gasteiger partial charge is 0.408 e. The third-order valence-corrected chi connectivity index (χ3v) is 3.24. The zero-order chi connectivity index (χ0) is 20.1. The van der Waals surface area contributed by atoms with Gasteiger partial charge in [0.25, 0.3) is 6.47 Å². The van der Waals surface area contributed by atoms with Gasteiger partial charge in [0.05, 0.1) is 0 Å². The summed E-state index contributed by atoms with van der Waals surface area (Å²) in [5, 5.41) is 9.48. The predicted octanol–water partition coefficient (Wildman–Crippen LogP) is 2.00. The van der Waals surface area contributed by atoms with Crippen LogP contribution in [0.1, 0.15) is 48.0 Å². The van der Waals surface area contributed by atoms with Gasteiger partial charge < -0.3 is 25.6 Å². The number of carbonyl (C=O) groups is 3. The molecule has 0 aliphatic rings. The van der Waals surface area contributed by atoms with Gasteiger partial charge >= 0.3 is 12.1 Å². The Labute approximate surface area is 154 Å². The molecule has 0 aliphatic heterocycles. The normalized spacial score (nSPS) is 12.3. The first-order valence-corrected chi connectivity index (χ1v) is 9.09. The van der Waals surface area contributed by atoms with E-state index in [2.05, 4.69) is 5.32 Å². The highest BCUT2D eigenvalue weighted by molar-refractivity contribution is 7.99. The van der Waals surface area contributed by atoms with E-state index in [4.69, 9.17) is 25.1 Å². The second kappa shape index (κ2) is 12.8. The van der Waals surface area contributed by atoms with Crippen LogP contribution in [0.15, 0.2) is 0 Å². The highest BCUT2D eigenvalue weighted by Gasteiger charge is 2.28. The fourth-order valence-electron chi connectivity index (χ4n) is 1.46. The highest BCUT2D eigenvalue weighted by Crippen LogP contribution is 2.13. The summed E-state index contributed by atoms with van der Waals surface area (Å²) in [6.45, 7) is 11.0. The number of alkyl carbamates (subject to hydrolysis) is 1. The van der Waals surface area contributed by atoms with Crippen molar-refractivity contribution in [1.82, 2.24) is 5.32 Å². The number of nitrogens with one attached hydrogen (secondary N) is 1. The Morgan fingerprint density at radius 2 is 1.60 bits per heavy atom. The van der Waals surface area contributed by atoms with Crippen LogP contribution in [0.4, 0.5) is 4.79 Å². The van der Waals surface area contributed by atoms with Gasteiger partial charge in [0, 0.05) is 12.3 Å². The molecule has 0 aromatic carbocycles. The number of thioether (sulfide) groups is 1. The van der Waals surface area contributed by atoms with Gasteiger partial charge in [0.1, 0.15) is 17.2 Å². The minimum atomic E-state index is -0.723. The van der Waals surface area contributed by atoms with Gasteiger partial charge in [-0.05, 0) is 53.7 Å². The second-order valence-electron chi connectivity index (χ2n) is 7.03. The molecule has 0 spiro atoms. The van der Waals surface area contributed by atoms with E-state index in [0.717, 1.165) is 5.75 Å². The molecular formula is C16H32N2O6S. The van der Waals surface area contributed by atoms with Crippen molar-refractivity contribution < 1.29 is 29.0 Å². The molecule has 1 amide bonds. The van der Waals surface area contributed by atoms with Crippen molar-refractivity contribution in [2.24, 2.45) is 5.73 Å². The third kappa shape index (κ3) is 18.7. The predicted molar refractivity (Wildman–Crippen MR) is 98.7 cm³/mol. The molecular weight excluding hydrogens is 348 g/mol. The lowest BCUT2D eigenvalue weighted by Crippen LogP contribution is -2.46. The first kappa shape index (κ1) is 25.8. The molecule has 0 radical (unpaired) electrons. The third-order valence-electron chi connectivity index (χ3n) is 2.20. The Morgan fingerprint density at radius 1 is 1.12 bits per heavy atom. The van der Waals surface area contributed by atoms with Gasteiger partial charge in [-0.15, -0.1) is 0 Å². The lowest BCUT2D eigenvalue weighted by molar-refractivity contribution is -0.157. The SMILES string of the molecule is CC(C)(C)OC(=O)N[C@@H](CCSCCN)C(=O)OC(C)(C)C.O=CO. The molecule has 0 unspecified atom stereocenters. The fraction of sp³-hybridized carbons (Fsp3) is 0.812. The van der Waals surface area contributed by atoms with Gasteiger partial charge in [-0.3, -0.25) is 4.79 Å². The van der Waals surface area contributed by atoms with E-state index in [1.165, 1.54) is 0 Å². The summed E-state index contributed by atoms with van der Waals surface area (Å²) in [6.07, 6.45) is -0.147. The summed E-state index contributed by atoms with van der Waals surface area (Å²) in [4.78, 5) is 32.4. The van der Waals surface area contributed by atoms with Crippen molar-refractivity contribution in [3.63, 3.8) is 0 Å². The molecule has 25 heavy (non-hydrogen) atoms. The molecule has 0 rings (SSSR count). The number of carbonyl (C=O) groups excluding carboxylic acids is 2. The minimum absolute atomic E-state index is 0.250. The highest BCUT2D eigenvalue weighted by atomic mass is 32.2. The summed E-state index contributed by atoms with van der Waals surface area (Å²) in [5.41, 5.74) is 4.22. The molecule has 8 nitrogen and oxygen atoms in total. The number of rotatable bonds is 7. The van der Waals surface area contributed by atoms with Gasteiger partial charge in [0.15, 0.2) is 0 Å². The molecule has 0 aromatic rings. The summed E-state index contributed by atoms with van der Waals surface area (Å²) in [6, 6.07) is -0.723. The van der Waals surface area contributed by atoms with Crippen LogP contribution >= 0.6 is 11.8 Å². The standard InChI is InChI=1S/C15H30N2O4S.CH2O2/c1-14(2,3)20-12(18)11(7-9-22-10-8-16)17-13(19)21-15(4,5)6;2-1-3/h11H,7-10,16H2,1-6H3,(H,17,19);1H,(H,2,3)/t11-;/m0./s1. The maximum Gasteiger partial charge on any atom is 0.408 e. The van der Waals surface area contributed by atoms with E-state index in [-0.39, 0.29) is 6.47 Å². The van der Waals surface area contributed by atoms with Crippen LogP contribution < -0.4 is 11.1 Å². The van der Waals surface area contributed by atoms with E-state index in [0.29, 0.717) is 18.7 Å². The van der Waals surface area contributed by atoms with Crippen molar-refractivity contribution in [3.05, 3.63) is 0 Å². The van der Waals surface area contributed by atoms with Crippen LogP contribution in [-0.4, -0.2) is 58.9 Å². The van der Waals surface area contributed by atoms with Crippen LogP contribution in [-0.2, 0) is 19.1 Å². The lowest BCUT2D eigenvalue weighted by Gasteiger charge is -2.26. The van der Waals surface area contributed by atoms with Gasteiger partial charge in [0.2, 0.25) is 0 Å². The van der Waals surface area contributed by atoms with E-state index in [1.807, 2.05) is 0 Å². The van der Waals surface area contributed by atoms with Gasteiger partial charge in [-0.1, -0.05) is 0 Å². The van der Waals surface area contributed by atoms with Gasteiger partial charge in [-0.2, -0.15) is 11.8 Å². The zero-order valence-corrected chi connectivity index (χ0v) is 16.8. The number of hydrogen-bond donors (Lipinski definition) is 3. The average molecular weight is 381 g/mol. The first-order chi connectivity index (χ1) is 11.4. The van der Waals surface area contributed by atoms with Crippen molar-refractivity contribution in [1.29, 1.82) is 0 Å². The zero-order valence-electron chi connectivity index (χ0n) is 16.0. The van der Waals surface area contributed by atoms with Gasteiger partial charge in [-0.25, -0.2) is 9.59 Å². The number of nitrogens with two attached hydrogens (primary N) is 1. The Kier molecular flexibility index (Phi) is 13.2. The fourth-order valence-corrected chi connectivity index (χ4v) is 2.23. The molecule has 1 atom stereocenters. The Hall–Kier alpha value is -1.48. The Morgan fingerprint density at radius 3 is 2.00 bits per heavy atom. The van der Waals surface area contributed by atoms with Crippen LogP contribution in [0.2, 0.25) is 0 Å². The summed E-state index contributed by atoms with van der Waals surface area (Å²) >= 11 is 1.63. The average Bonchev–Trinajstić information content (AvgIpc) is 2.39. The minimum Gasteiger partial charge on any atom is -0.483 e. The molecule has 0 saturated carbocycles. The Balaban J connectivity index is 0. The van der Waals surface area contributed by atoms with Crippen LogP contribution in [0, 0.1) is 0 Å². The molecule has 0 aliphatic carbocycles. The number of amides is 1. The number of carboxylic acid groups (broad SMARTS) is 1. The molecule has 0 bridgehead atoms. The van der Waals surface area contributed by atoms with Crippen molar-refractivity contribution >= 4 is 30.3 Å². The molecule has 0 fully saturated rings. The second-order valence-corrected chi connectivity index (χ2v) is 8.25. The monoisotopic (exact) mass is 380 g/mol. The molecule has 0 heterocycles. The van der Waals surface area contributed by atoms with Crippen molar-refractivity contribution in [2.45, 2.75) is 65.2 Å². The number of hydrogen-bond acceptors (Lipinski definition) is 7. The van der Waals surface area contributed by atoms with Crippen molar-refractivity contribution in [3.8, 4) is 0 Å². The molecule has 9 heteroatoms. The van der Waals surface area contributed by atoms with Crippen LogP contribution in [0.5, 0.6) is 0 Å². The molecule has 4 N–H and O–H groups in total. The summed E-state index contributed by atoms with van der Waals surface area (Å²) in [7, 11) is 0.